The summed E-state index contributed by atoms with van der Waals surface area (Å²) in [6, 6.07) is 6.19. The lowest BCUT2D eigenvalue weighted by atomic mass is 10.1. The smallest absolute Gasteiger partial charge is 0.338 e. The Morgan fingerprint density at radius 1 is 1.29 bits per heavy atom. The number of rotatable bonds is 5. The average molecular weight is 298 g/mol. The third-order valence-corrected chi connectivity index (χ3v) is 2.96. The predicted octanol–water partition coefficient (Wildman–Crippen LogP) is 1.75. The van der Waals surface area contributed by atoms with Crippen LogP contribution in [0, 0.1) is 0 Å². The van der Waals surface area contributed by atoms with Gasteiger partial charge in [-0.15, -0.1) is 0 Å². The van der Waals surface area contributed by atoms with E-state index < -0.39 is 11.9 Å². The van der Waals surface area contributed by atoms with E-state index in [1.807, 2.05) is 0 Å². The first-order valence-corrected chi connectivity index (χ1v) is 6.57. The molecular formula is C14H16F2N2O3. The number of benzene rings is 1. The number of hydrogen-bond acceptors (Lipinski definition) is 4. The van der Waals surface area contributed by atoms with Crippen LogP contribution in [-0.2, 0) is 9.53 Å². The van der Waals surface area contributed by atoms with Crippen LogP contribution in [0.25, 0.3) is 0 Å². The van der Waals surface area contributed by atoms with E-state index in [9.17, 15) is 18.4 Å². The summed E-state index contributed by atoms with van der Waals surface area (Å²) in [6.45, 7) is 1.16. The quantitative estimate of drug-likeness (QED) is 0.841. The fourth-order valence-electron chi connectivity index (χ4n) is 2.03. The van der Waals surface area contributed by atoms with Crippen LogP contribution in [0.1, 0.15) is 17.3 Å². The van der Waals surface area contributed by atoms with Gasteiger partial charge in [0.1, 0.15) is 0 Å². The van der Waals surface area contributed by atoms with Crippen LogP contribution in [-0.4, -0.2) is 48.9 Å². The third-order valence-electron chi connectivity index (χ3n) is 2.96. The maximum atomic E-state index is 12.6. The zero-order valence-corrected chi connectivity index (χ0v) is 11.6. The van der Waals surface area contributed by atoms with Gasteiger partial charge in [0.2, 0.25) is 5.91 Å². The highest BCUT2D eigenvalue weighted by Gasteiger charge is 2.44. The summed E-state index contributed by atoms with van der Waals surface area (Å²) in [6.07, 6.45) is 0. The normalized spacial score (nSPS) is 16.9. The summed E-state index contributed by atoms with van der Waals surface area (Å²) in [5, 5.41) is 2.59. The van der Waals surface area contributed by atoms with Gasteiger partial charge < -0.3 is 10.1 Å². The van der Waals surface area contributed by atoms with Crippen LogP contribution >= 0.6 is 0 Å². The molecule has 0 spiro atoms. The monoisotopic (exact) mass is 298 g/mol. The molecule has 0 unspecified atom stereocenters. The molecule has 1 heterocycles. The number of ether oxygens (including phenoxy) is 1. The SMILES string of the molecule is CCOC(=O)c1ccc(NC(=O)CN2CC(F)(F)C2)cc1. The van der Waals surface area contributed by atoms with Crippen LogP contribution in [0.3, 0.4) is 0 Å². The highest BCUT2D eigenvalue weighted by Crippen LogP contribution is 2.26. The molecule has 0 aliphatic carbocycles. The predicted molar refractivity (Wildman–Crippen MR) is 72.4 cm³/mol. The van der Waals surface area contributed by atoms with Gasteiger partial charge in [-0.3, -0.25) is 9.69 Å². The molecule has 0 saturated carbocycles. The summed E-state index contributed by atoms with van der Waals surface area (Å²) in [5.41, 5.74) is 0.887. The molecule has 1 aliphatic heterocycles. The van der Waals surface area contributed by atoms with Gasteiger partial charge in [-0.25, -0.2) is 13.6 Å². The van der Waals surface area contributed by atoms with E-state index in [2.05, 4.69) is 5.32 Å². The number of halogens is 2. The lowest BCUT2D eigenvalue weighted by Crippen LogP contribution is -2.57. The minimum absolute atomic E-state index is 0.0742. The van der Waals surface area contributed by atoms with Crippen LogP contribution in [0.4, 0.5) is 14.5 Å². The molecule has 5 nitrogen and oxygen atoms in total. The van der Waals surface area contributed by atoms with Crippen molar-refractivity contribution >= 4 is 17.6 Å². The second-order valence-electron chi connectivity index (χ2n) is 4.85. The Morgan fingerprint density at radius 3 is 2.43 bits per heavy atom. The second kappa shape index (κ2) is 6.17. The molecule has 1 amide bonds. The largest absolute Gasteiger partial charge is 0.462 e. The van der Waals surface area contributed by atoms with Gasteiger partial charge >= 0.3 is 5.97 Å². The molecule has 7 heteroatoms. The number of esters is 1. The van der Waals surface area contributed by atoms with Gasteiger partial charge in [0.05, 0.1) is 31.8 Å². The van der Waals surface area contributed by atoms with Crippen molar-refractivity contribution in [3.05, 3.63) is 29.8 Å². The maximum absolute atomic E-state index is 12.6. The zero-order chi connectivity index (χ0) is 15.5. The van der Waals surface area contributed by atoms with E-state index in [-0.39, 0.29) is 32.1 Å². The molecule has 0 aromatic heterocycles. The standard InChI is InChI=1S/C14H16F2N2O3/c1-2-21-13(20)10-3-5-11(6-4-10)17-12(19)7-18-8-14(15,16)9-18/h3-6H,2,7-9H2,1H3,(H,17,19). The molecule has 0 atom stereocenters. The van der Waals surface area contributed by atoms with Crippen molar-refractivity contribution in [2.24, 2.45) is 0 Å². The molecular weight excluding hydrogens is 282 g/mol. The fourth-order valence-corrected chi connectivity index (χ4v) is 2.03. The number of carbonyl (C=O) groups is 2. The van der Waals surface area contributed by atoms with Crippen molar-refractivity contribution in [1.82, 2.24) is 4.90 Å². The number of hydrogen-bond donors (Lipinski definition) is 1. The zero-order valence-electron chi connectivity index (χ0n) is 11.6. The van der Waals surface area contributed by atoms with Gasteiger partial charge in [-0.05, 0) is 31.2 Å². The second-order valence-corrected chi connectivity index (χ2v) is 4.85. The van der Waals surface area contributed by atoms with Gasteiger partial charge in [0.25, 0.3) is 5.92 Å². The number of alkyl halides is 2. The lowest BCUT2D eigenvalue weighted by molar-refractivity contribution is -0.141. The Bertz CT molecular complexity index is 524. The first-order chi connectivity index (χ1) is 9.89. The van der Waals surface area contributed by atoms with E-state index in [1.54, 1.807) is 19.1 Å². The van der Waals surface area contributed by atoms with Crippen molar-refractivity contribution in [2.45, 2.75) is 12.8 Å². The van der Waals surface area contributed by atoms with Crippen LogP contribution in [0.15, 0.2) is 24.3 Å². The average Bonchev–Trinajstić information content (AvgIpc) is 2.37. The van der Waals surface area contributed by atoms with E-state index in [0.717, 1.165) is 0 Å². The molecule has 0 bridgehead atoms. The molecule has 21 heavy (non-hydrogen) atoms. The Kier molecular flexibility index (Phi) is 4.52. The minimum Gasteiger partial charge on any atom is -0.462 e. The van der Waals surface area contributed by atoms with Gasteiger partial charge in [0.15, 0.2) is 0 Å². The van der Waals surface area contributed by atoms with Crippen LogP contribution in [0.5, 0.6) is 0 Å². The third kappa shape index (κ3) is 4.22. The van der Waals surface area contributed by atoms with E-state index in [4.69, 9.17) is 4.74 Å². The highest BCUT2D eigenvalue weighted by atomic mass is 19.3. The number of likely N-dealkylation sites (tertiary alicyclic amines) is 1. The molecule has 114 valence electrons. The number of amides is 1. The van der Waals surface area contributed by atoms with Crippen LogP contribution in [0.2, 0.25) is 0 Å². The summed E-state index contributed by atoms with van der Waals surface area (Å²) in [5.74, 6) is -3.48. The Hall–Kier alpha value is -2.02. The van der Waals surface area contributed by atoms with E-state index in [1.165, 1.54) is 17.0 Å². The van der Waals surface area contributed by atoms with Crippen molar-refractivity contribution in [3.8, 4) is 0 Å². The van der Waals surface area contributed by atoms with E-state index >= 15 is 0 Å². The Labute approximate surface area is 120 Å². The van der Waals surface area contributed by atoms with Crippen molar-refractivity contribution in [3.63, 3.8) is 0 Å². The molecule has 1 aromatic rings. The van der Waals surface area contributed by atoms with Gasteiger partial charge in [-0.2, -0.15) is 0 Å². The maximum Gasteiger partial charge on any atom is 0.338 e. The molecule has 1 fully saturated rings. The van der Waals surface area contributed by atoms with Crippen LogP contribution < -0.4 is 5.32 Å². The van der Waals surface area contributed by atoms with Crippen molar-refractivity contribution in [2.75, 3.05) is 31.6 Å². The van der Waals surface area contributed by atoms with Crippen molar-refractivity contribution < 1.29 is 23.1 Å². The molecule has 1 aliphatic rings. The molecule has 0 radical (unpaired) electrons. The van der Waals surface area contributed by atoms with E-state index in [0.29, 0.717) is 11.3 Å². The first kappa shape index (κ1) is 15.4. The lowest BCUT2D eigenvalue weighted by Gasteiger charge is -2.37. The Balaban J connectivity index is 1.83. The molecule has 1 aromatic carbocycles. The summed E-state index contributed by atoms with van der Waals surface area (Å²) < 4.78 is 30.1. The molecule has 1 N–H and O–H groups in total. The molecule has 2 rings (SSSR count). The topological polar surface area (TPSA) is 58.6 Å². The van der Waals surface area contributed by atoms with Gasteiger partial charge in [-0.1, -0.05) is 0 Å². The summed E-state index contributed by atoms with van der Waals surface area (Å²) in [4.78, 5) is 24.5. The number of anilines is 1. The van der Waals surface area contributed by atoms with Gasteiger partial charge in [0, 0.05) is 5.69 Å². The number of nitrogens with zero attached hydrogens (tertiary/aromatic N) is 1. The Morgan fingerprint density at radius 2 is 1.90 bits per heavy atom. The summed E-state index contributed by atoms with van der Waals surface area (Å²) >= 11 is 0. The summed E-state index contributed by atoms with van der Waals surface area (Å²) in [7, 11) is 0. The minimum atomic E-state index is -2.68. The number of carbonyl (C=O) groups excluding carboxylic acids is 2. The first-order valence-electron chi connectivity index (χ1n) is 6.57. The van der Waals surface area contributed by atoms with Crippen molar-refractivity contribution in [1.29, 1.82) is 0 Å². The fraction of sp³-hybridized carbons (Fsp3) is 0.429. The number of nitrogens with one attached hydrogen (secondary N) is 1. The highest BCUT2D eigenvalue weighted by molar-refractivity contribution is 5.94. The molecule has 1 saturated heterocycles.